The van der Waals surface area contributed by atoms with Crippen LogP contribution in [0.25, 0.3) is 0 Å². The summed E-state index contributed by atoms with van der Waals surface area (Å²) in [6.07, 6.45) is 0.612. The van der Waals surface area contributed by atoms with E-state index in [0.717, 1.165) is 10.7 Å². The number of aryl methyl sites for hydroxylation is 2. The predicted octanol–water partition coefficient (Wildman–Crippen LogP) is 0.126. The third-order valence-electron chi connectivity index (χ3n) is 2.32. The van der Waals surface area contributed by atoms with Crippen LogP contribution in [0.2, 0.25) is 0 Å². The van der Waals surface area contributed by atoms with Crippen LogP contribution in [-0.4, -0.2) is 14.5 Å². The molecule has 2 rings (SSSR count). The number of nitrogens with zero attached hydrogens (tertiary/aromatic N) is 2. The zero-order chi connectivity index (χ0) is 12.4. The molecule has 7 heteroatoms. The second-order valence-corrected chi connectivity index (χ2v) is 4.69. The SMILES string of the molecule is Cc1nc(CCn2c(N)cc(=O)[nH]c2=O)cs1. The normalized spacial score (nSPS) is 10.6. The lowest BCUT2D eigenvalue weighted by molar-refractivity contribution is 0.648. The first kappa shape index (κ1) is 11.6. The number of nitrogen functional groups attached to an aromatic ring is 1. The van der Waals surface area contributed by atoms with Gasteiger partial charge < -0.3 is 5.73 Å². The third kappa shape index (κ3) is 2.62. The number of hydrogen-bond donors (Lipinski definition) is 2. The van der Waals surface area contributed by atoms with E-state index >= 15 is 0 Å². The molecule has 0 saturated heterocycles. The van der Waals surface area contributed by atoms with E-state index in [1.54, 1.807) is 11.3 Å². The molecule has 0 spiro atoms. The van der Waals surface area contributed by atoms with Crippen LogP contribution < -0.4 is 17.0 Å². The fraction of sp³-hybridized carbons (Fsp3) is 0.300. The smallest absolute Gasteiger partial charge is 0.329 e. The van der Waals surface area contributed by atoms with Crippen molar-refractivity contribution < 1.29 is 0 Å². The number of aromatic amines is 1. The zero-order valence-electron chi connectivity index (χ0n) is 9.27. The Hall–Kier alpha value is -1.89. The molecule has 6 nitrogen and oxygen atoms in total. The molecule has 3 N–H and O–H groups in total. The fourth-order valence-corrected chi connectivity index (χ4v) is 2.17. The Morgan fingerprint density at radius 2 is 2.29 bits per heavy atom. The quantitative estimate of drug-likeness (QED) is 0.811. The summed E-state index contributed by atoms with van der Waals surface area (Å²) in [5.41, 5.74) is 5.58. The highest BCUT2D eigenvalue weighted by Crippen LogP contribution is 2.09. The van der Waals surface area contributed by atoms with Crippen molar-refractivity contribution in [3.8, 4) is 0 Å². The second-order valence-electron chi connectivity index (χ2n) is 3.62. The van der Waals surface area contributed by atoms with Crippen LogP contribution in [0.5, 0.6) is 0 Å². The van der Waals surface area contributed by atoms with Gasteiger partial charge in [-0.25, -0.2) is 9.78 Å². The Bertz CT molecular complexity index is 640. The van der Waals surface area contributed by atoms with Gasteiger partial charge in [-0.2, -0.15) is 0 Å². The molecule has 2 heterocycles. The first-order chi connectivity index (χ1) is 8.06. The molecular formula is C10H12N4O2S. The average Bonchev–Trinajstić information content (AvgIpc) is 2.62. The van der Waals surface area contributed by atoms with E-state index in [4.69, 9.17) is 5.73 Å². The summed E-state index contributed by atoms with van der Waals surface area (Å²) in [7, 11) is 0. The average molecular weight is 252 g/mol. The number of anilines is 1. The minimum absolute atomic E-state index is 0.172. The van der Waals surface area contributed by atoms with Crippen molar-refractivity contribution in [1.82, 2.24) is 14.5 Å². The topological polar surface area (TPSA) is 93.8 Å². The molecule has 90 valence electrons. The van der Waals surface area contributed by atoms with Crippen molar-refractivity contribution in [2.75, 3.05) is 5.73 Å². The number of hydrogen-bond acceptors (Lipinski definition) is 5. The molecular weight excluding hydrogens is 240 g/mol. The van der Waals surface area contributed by atoms with Gasteiger partial charge in [0.1, 0.15) is 5.82 Å². The van der Waals surface area contributed by atoms with Crippen LogP contribution in [0.15, 0.2) is 21.0 Å². The van der Waals surface area contributed by atoms with Gasteiger partial charge in [-0.15, -0.1) is 11.3 Å². The lowest BCUT2D eigenvalue weighted by atomic mass is 10.3. The first-order valence-corrected chi connectivity index (χ1v) is 5.95. The van der Waals surface area contributed by atoms with Gasteiger partial charge in [0.05, 0.1) is 10.7 Å². The maximum Gasteiger partial charge on any atom is 0.329 e. The molecule has 0 saturated carbocycles. The van der Waals surface area contributed by atoms with Gasteiger partial charge in [0.2, 0.25) is 0 Å². The van der Waals surface area contributed by atoms with Crippen LogP contribution in [0.3, 0.4) is 0 Å². The van der Waals surface area contributed by atoms with Crippen molar-refractivity contribution in [3.05, 3.63) is 43.0 Å². The van der Waals surface area contributed by atoms with Gasteiger partial charge in [0, 0.05) is 24.4 Å². The number of nitrogens with one attached hydrogen (secondary N) is 1. The highest BCUT2D eigenvalue weighted by Gasteiger charge is 2.04. The van der Waals surface area contributed by atoms with Crippen LogP contribution in [0.4, 0.5) is 5.82 Å². The number of thiazole rings is 1. The van der Waals surface area contributed by atoms with Gasteiger partial charge in [-0.3, -0.25) is 14.3 Å². The molecule has 2 aromatic heterocycles. The van der Waals surface area contributed by atoms with E-state index in [2.05, 4.69) is 9.97 Å². The van der Waals surface area contributed by atoms with Crippen LogP contribution in [-0.2, 0) is 13.0 Å². The lowest BCUT2D eigenvalue weighted by Gasteiger charge is -2.06. The second kappa shape index (κ2) is 4.54. The van der Waals surface area contributed by atoms with Gasteiger partial charge in [-0.05, 0) is 6.92 Å². The summed E-state index contributed by atoms with van der Waals surface area (Å²) in [4.78, 5) is 28.9. The van der Waals surface area contributed by atoms with Crippen molar-refractivity contribution in [2.45, 2.75) is 19.9 Å². The summed E-state index contributed by atoms with van der Waals surface area (Å²) >= 11 is 1.56. The Morgan fingerprint density at radius 3 is 2.88 bits per heavy atom. The minimum Gasteiger partial charge on any atom is -0.385 e. The van der Waals surface area contributed by atoms with Crippen molar-refractivity contribution in [3.63, 3.8) is 0 Å². The third-order valence-corrected chi connectivity index (χ3v) is 3.15. The van der Waals surface area contributed by atoms with E-state index in [-0.39, 0.29) is 5.82 Å². The summed E-state index contributed by atoms with van der Waals surface area (Å²) in [6.45, 7) is 2.33. The minimum atomic E-state index is -0.484. The highest BCUT2D eigenvalue weighted by atomic mass is 32.1. The van der Waals surface area contributed by atoms with E-state index in [0.29, 0.717) is 13.0 Å². The van der Waals surface area contributed by atoms with Crippen LogP contribution in [0, 0.1) is 6.92 Å². The Kier molecular flexibility index (Phi) is 3.10. The predicted molar refractivity (Wildman–Crippen MR) is 66.3 cm³/mol. The van der Waals surface area contributed by atoms with Crippen molar-refractivity contribution in [2.24, 2.45) is 0 Å². The Labute approximate surface area is 101 Å². The van der Waals surface area contributed by atoms with Crippen LogP contribution in [0.1, 0.15) is 10.7 Å². The molecule has 0 aliphatic rings. The molecule has 0 aliphatic carbocycles. The highest BCUT2D eigenvalue weighted by molar-refractivity contribution is 7.09. The molecule has 17 heavy (non-hydrogen) atoms. The molecule has 0 fully saturated rings. The van der Waals surface area contributed by atoms with E-state index in [9.17, 15) is 9.59 Å². The standard InChI is InChI=1S/C10H12N4O2S/c1-6-12-7(5-17-6)2-3-14-8(11)4-9(15)13-10(14)16/h4-5H,2-3,11H2,1H3,(H,13,15,16). The first-order valence-electron chi connectivity index (χ1n) is 5.07. The zero-order valence-corrected chi connectivity index (χ0v) is 10.1. The monoisotopic (exact) mass is 252 g/mol. The summed E-state index contributed by atoms with van der Waals surface area (Å²) in [5.74, 6) is 0.172. The maximum absolute atomic E-state index is 11.5. The number of nitrogens with two attached hydrogens (primary N) is 1. The number of H-pyrrole nitrogens is 1. The molecule has 0 atom stereocenters. The van der Waals surface area contributed by atoms with E-state index < -0.39 is 11.2 Å². The molecule has 0 aliphatic heterocycles. The number of aromatic nitrogens is 3. The van der Waals surface area contributed by atoms with Gasteiger partial charge in [0.15, 0.2) is 0 Å². The summed E-state index contributed by atoms with van der Waals surface area (Å²) in [6, 6.07) is 1.20. The van der Waals surface area contributed by atoms with E-state index in [1.165, 1.54) is 10.6 Å². The summed E-state index contributed by atoms with van der Waals surface area (Å²) in [5, 5.41) is 2.93. The number of rotatable bonds is 3. The molecule has 0 radical (unpaired) electrons. The molecule has 0 amide bonds. The Morgan fingerprint density at radius 1 is 1.53 bits per heavy atom. The lowest BCUT2D eigenvalue weighted by Crippen LogP contribution is -2.31. The summed E-state index contributed by atoms with van der Waals surface area (Å²) < 4.78 is 1.33. The van der Waals surface area contributed by atoms with Gasteiger partial charge in [0.25, 0.3) is 5.56 Å². The molecule has 0 unspecified atom stereocenters. The maximum atomic E-state index is 11.5. The van der Waals surface area contributed by atoms with Gasteiger partial charge >= 0.3 is 5.69 Å². The molecule has 0 bridgehead atoms. The van der Waals surface area contributed by atoms with Gasteiger partial charge in [-0.1, -0.05) is 0 Å². The van der Waals surface area contributed by atoms with Crippen LogP contribution >= 0.6 is 11.3 Å². The molecule has 0 aromatic carbocycles. The van der Waals surface area contributed by atoms with Crippen molar-refractivity contribution >= 4 is 17.2 Å². The Balaban J connectivity index is 2.20. The van der Waals surface area contributed by atoms with E-state index in [1.807, 2.05) is 12.3 Å². The fourth-order valence-electron chi connectivity index (χ4n) is 1.52. The van der Waals surface area contributed by atoms with Crippen molar-refractivity contribution in [1.29, 1.82) is 0 Å². The molecule has 2 aromatic rings. The largest absolute Gasteiger partial charge is 0.385 e.